The number of benzene rings is 1. The maximum absolute atomic E-state index is 12.6. The summed E-state index contributed by atoms with van der Waals surface area (Å²) in [6, 6.07) is 8.43. The minimum atomic E-state index is 0. The van der Waals surface area contributed by atoms with Crippen molar-refractivity contribution in [3.63, 3.8) is 0 Å². The number of halogens is 1. The van der Waals surface area contributed by atoms with E-state index in [1.54, 1.807) is 7.11 Å². The lowest BCUT2D eigenvalue weighted by Gasteiger charge is -2.43. The number of fused-ring (bicyclic) bond motifs is 2. The summed E-state index contributed by atoms with van der Waals surface area (Å²) in [4.78, 5) is 12.6. The standard InChI is InChI=1S/C19H28N2O2.ClH/c1-23-12-16-6-3-2-5-15(16)11-21-19(22)17-9-13-7-4-8-14(10-17)18(13)20;/h2-3,5-6,13-14,17-18H,4,7-12,20H2,1H3,(H,21,22);1H. The van der Waals surface area contributed by atoms with Gasteiger partial charge in [0.25, 0.3) is 0 Å². The molecule has 5 heteroatoms. The molecule has 2 atom stereocenters. The normalized spacial score (nSPS) is 28.8. The zero-order valence-electron chi connectivity index (χ0n) is 14.4. The maximum Gasteiger partial charge on any atom is 0.223 e. The van der Waals surface area contributed by atoms with Gasteiger partial charge in [0, 0.05) is 25.6 Å². The van der Waals surface area contributed by atoms with Gasteiger partial charge in [0.15, 0.2) is 0 Å². The summed E-state index contributed by atoms with van der Waals surface area (Å²) in [5, 5.41) is 3.14. The number of ether oxygens (including phenoxy) is 1. The van der Waals surface area contributed by atoms with Gasteiger partial charge in [-0.15, -0.1) is 12.4 Å². The number of nitrogens with two attached hydrogens (primary N) is 1. The number of hydrogen-bond acceptors (Lipinski definition) is 3. The highest BCUT2D eigenvalue weighted by Gasteiger charge is 2.40. The van der Waals surface area contributed by atoms with Crippen LogP contribution < -0.4 is 11.1 Å². The molecule has 2 bridgehead atoms. The fourth-order valence-electron chi connectivity index (χ4n) is 4.36. The highest BCUT2D eigenvalue weighted by atomic mass is 35.5. The summed E-state index contributed by atoms with van der Waals surface area (Å²) in [7, 11) is 1.69. The Bertz CT molecular complexity index is 538. The summed E-state index contributed by atoms with van der Waals surface area (Å²) >= 11 is 0. The number of carbonyl (C=O) groups is 1. The summed E-state index contributed by atoms with van der Waals surface area (Å²) in [6.07, 6.45) is 5.59. The van der Waals surface area contributed by atoms with Crippen LogP contribution >= 0.6 is 12.4 Å². The van der Waals surface area contributed by atoms with Crippen molar-refractivity contribution < 1.29 is 9.53 Å². The smallest absolute Gasteiger partial charge is 0.223 e. The number of hydrogen-bond donors (Lipinski definition) is 2. The first-order valence-corrected chi connectivity index (χ1v) is 8.78. The number of methoxy groups -OCH3 is 1. The van der Waals surface area contributed by atoms with E-state index in [4.69, 9.17) is 10.5 Å². The van der Waals surface area contributed by atoms with Crippen molar-refractivity contribution in [1.29, 1.82) is 0 Å². The van der Waals surface area contributed by atoms with Crippen LogP contribution in [0.4, 0.5) is 0 Å². The van der Waals surface area contributed by atoms with E-state index in [-0.39, 0.29) is 24.2 Å². The predicted molar refractivity (Wildman–Crippen MR) is 97.8 cm³/mol. The maximum atomic E-state index is 12.6. The third kappa shape index (κ3) is 4.29. The van der Waals surface area contributed by atoms with Gasteiger partial charge in [-0.25, -0.2) is 0 Å². The summed E-state index contributed by atoms with van der Waals surface area (Å²) in [5.74, 6) is 1.42. The lowest BCUT2D eigenvalue weighted by atomic mass is 9.65. The largest absolute Gasteiger partial charge is 0.380 e. The van der Waals surface area contributed by atoms with E-state index in [2.05, 4.69) is 17.4 Å². The van der Waals surface area contributed by atoms with E-state index in [0.717, 1.165) is 24.0 Å². The molecule has 134 valence electrons. The molecule has 0 spiro atoms. The second kappa shape index (κ2) is 8.84. The molecule has 2 aliphatic rings. The molecule has 3 N–H and O–H groups in total. The average molecular weight is 353 g/mol. The van der Waals surface area contributed by atoms with Crippen LogP contribution in [0.15, 0.2) is 24.3 Å². The minimum absolute atomic E-state index is 0. The van der Waals surface area contributed by atoms with Crippen molar-refractivity contribution in [2.75, 3.05) is 7.11 Å². The molecule has 0 aliphatic heterocycles. The molecule has 1 aromatic rings. The van der Waals surface area contributed by atoms with Crippen molar-refractivity contribution in [3.05, 3.63) is 35.4 Å². The fraction of sp³-hybridized carbons (Fsp3) is 0.632. The van der Waals surface area contributed by atoms with E-state index >= 15 is 0 Å². The van der Waals surface area contributed by atoms with Crippen molar-refractivity contribution >= 4 is 18.3 Å². The van der Waals surface area contributed by atoms with Gasteiger partial charge in [0.1, 0.15) is 0 Å². The molecule has 2 fully saturated rings. The van der Waals surface area contributed by atoms with Gasteiger partial charge in [-0.3, -0.25) is 4.79 Å². The van der Waals surface area contributed by atoms with Gasteiger partial charge in [-0.1, -0.05) is 30.7 Å². The molecule has 0 aromatic heterocycles. The molecular weight excluding hydrogens is 324 g/mol. The van der Waals surface area contributed by atoms with Crippen LogP contribution in [-0.4, -0.2) is 19.1 Å². The lowest BCUT2D eigenvalue weighted by molar-refractivity contribution is -0.128. The molecule has 1 aromatic carbocycles. The monoisotopic (exact) mass is 352 g/mol. The van der Waals surface area contributed by atoms with Crippen LogP contribution in [0, 0.1) is 17.8 Å². The SMILES string of the molecule is COCc1ccccc1CNC(=O)C1CC2CCCC(C1)C2N.Cl. The molecule has 4 nitrogen and oxygen atoms in total. The van der Waals surface area contributed by atoms with Crippen molar-refractivity contribution in [1.82, 2.24) is 5.32 Å². The van der Waals surface area contributed by atoms with E-state index < -0.39 is 0 Å². The van der Waals surface area contributed by atoms with Crippen LogP contribution in [0.3, 0.4) is 0 Å². The molecule has 1 amide bonds. The quantitative estimate of drug-likeness (QED) is 0.856. The number of carbonyl (C=O) groups excluding carboxylic acids is 1. The highest BCUT2D eigenvalue weighted by Crippen LogP contribution is 2.41. The predicted octanol–water partition coefficient (Wildman–Crippen LogP) is 3.02. The van der Waals surface area contributed by atoms with E-state index in [0.29, 0.717) is 31.0 Å². The topological polar surface area (TPSA) is 64.3 Å². The van der Waals surface area contributed by atoms with Crippen LogP contribution in [-0.2, 0) is 22.7 Å². The number of amides is 1. The first-order valence-electron chi connectivity index (χ1n) is 8.78. The molecule has 3 rings (SSSR count). The Morgan fingerprint density at radius 2 is 1.83 bits per heavy atom. The van der Waals surface area contributed by atoms with Gasteiger partial charge in [-0.2, -0.15) is 0 Å². The Morgan fingerprint density at radius 3 is 2.46 bits per heavy atom. The molecule has 2 saturated carbocycles. The van der Waals surface area contributed by atoms with Crippen LogP contribution in [0.2, 0.25) is 0 Å². The zero-order valence-corrected chi connectivity index (χ0v) is 15.2. The minimum Gasteiger partial charge on any atom is -0.380 e. The number of nitrogens with one attached hydrogen (secondary N) is 1. The molecule has 0 heterocycles. The lowest BCUT2D eigenvalue weighted by Crippen LogP contribution is -2.49. The third-order valence-corrected chi connectivity index (χ3v) is 5.66. The van der Waals surface area contributed by atoms with E-state index in [9.17, 15) is 4.79 Å². The molecule has 2 unspecified atom stereocenters. The molecular formula is C19H29ClN2O2. The molecule has 0 saturated heterocycles. The summed E-state index contributed by atoms with van der Waals surface area (Å²) < 4.78 is 5.23. The molecule has 24 heavy (non-hydrogen) atoms. The van der Waals surface area contributed by atoms with E-state index in [1.165, 1.54) is 19.3 Å². The van der Waals surface area contributed by atoms with Gasteiger partial charge < -0.3 is 15.8 Å². The summed E-state index contributed by atoms with van der Waals surface area (Å²) in [5.41, 5.74) is 8.59. The second-order valence-electron chi connectivity index (χ2n) is 7.12. The Labute approximate surface area is 150 Å². The zero-order chi connectivity index (χ0) is 16.2. The molecule has 0 radical (unpaired) electrons. The Hall–Kier alpha value is -1.10. The Kier molecular flexibility index (Phi) is 7.08. The van der Waals surface area contributed by atoms with Crippen molar-refractivity contribution in [3.8, 4) is 0 Å². The van der Waals surface area contributed by atoms with Crippen LogP contribution in [0.5, 0.6) is 0 Å². The van der Waals surface area contributed by atoms with Crippen molar-refractivity contribution in [2.45, 2.75) is 51.3 Å². The van der Waals surface area contributed by atoms with E-state index in [1.807, 2.05) is 12.1 Å². The third-order valence-electron chi connectivity index (χ3n) is 5.66. The summed E-state index contributed by atoms with van der Waals surface area (Å²) in [6.45, 7) is 1.16. The second-order valence-corrected chi connectivity index (χ2v) is 7.12. The van der Waals surface area contributed by atoms with Gasteiger partial charge in [0.05, 0.1) is 6.61 Å². The first-order chi connectivity index (χ1) is 11.2. The fourth-order valence-corrected chi connectivity index (χ4v) is 4.36. The Morgan fingerprint density at radius 1 is 1.21 bits per heavy atom. The average Bonchev–Trinajstić information content (AvgIpc) is 2.54. The number of rotatable bonds is 5. The van der Waals surface area contributed by atoms with Crippen LogP contribution in [0.1, 0.15) is 43.2 Å². The first kappa shape index (κ1) is 19.2. The highest BCUT2D eigenvalue weighted by molar-refractivity contribution is 5.85. The van der Waals surface area contributed by atoms with Crippen molar-refractivity contribution in [2.24, 2.45) is 23.5 Å². The molecule has 2 aliphatic carbocycles. The van der Waals surface area contributed by atoms with Gasteiger partial charge in [-0.05, 0) is 48.6 Å². The van der Waals surface area contributed by atoms with Gasteiger partial charge in [0.2, 0.25) is 5.91 Å². The van der Waals surface area contributed by atoms with Gasteiger partial charge >= 0.3 is 0 Å². The Balaban J connectivity index is 0.00000208. The van der Waals surface area contributed by atoms with Crippen LogP contribution in [0.25, 0.3) is 0 Å².